The molecule has 35 heavy (non-hydrogen) atoms. The molecule has 1 N–H and O–H groups in total. The SMILES string of the molecule is CN1CC(c2ccc(C(F)(F)F)nc2)C(Sc2ccccc2)(C(=O)Nc2cccc(F)c2F)C1=O. The third-order valence-corrected chi connectivity index (χ3v) is 7.12. The summed E-state index contributed by atoms with van der Waals surface area (Å²) in [6, 6.07) is 13.6. The molecule has 1 aromatic heterocycles. The summed E-state index contributed by atoms with van der Waals surface area (Å²) < 4.78 is 65.3. The van der Waals surface area contributed by atoms with E-state index in [2.05, 4.69) is 10.3 Å². The maximum absolute atomic E-state index is 14.3. The van der Waals surface area contributed by atoms with Gasteiger partial charge in [0.05, 0.1) is 5.69 Å². The van der Waals surface area contributed by atoms with Gasteiger partial charge in [-0.05, 0) is 35.9 Å². The third-order valence-electron chi connectivity index (χ3n) is 5.65. The Hall–Kier alpha value is -3.47. The van der Waals surface area contributed by atoms with Gasteiger partial charge in [-0.2, -0.15) is 13.2 Å². The van der Waals surface area contributed by atoms with Crippen LogP contribution in [0.4, 0.5) is 27.6 Å². The second-order valence-corrected chi connectivity index (χ2v) is 9.24. The summed E-state index contributed by atoms with van der Waals surface area (Å²) >= 11 is 0.891. The number of aromatic nitrogens is 1. The van der Waals surface area contributed by atoms with E-state index in [4.69, 9.17) is 0 Å². The largest absolute Gasteiger partial charge is 0.433 e. The highest BCUT2D eigenvalue weighted by Crippen LogP contribution is 2.50. The summed E-state index contributed by atoms with van der Waals surface area (Å²) in [5, 5.41) is 2.32. The molecule has 0 radical (unpaired) electrons. The number of carbonyl (C=O) groups excluding carboxylic acids is 2. The van der Waals surface area contributed by atoms with Crippen molar-refractivity contribution in [2.24, 2.45) is 0 Å². The minimum atomic E-state index is -4.66. The van der Waals surface area contributed by atoms with Gasteiger partial charge in [0, 0.05) is 30.6 Å². The minimum Gasteiger partial charge on any atom is -0.343 e. The number of thioether (sulfide) groups is 1. The van der Waals surface area contributed by atoms with Crippen LogP contribution >= 0.6 is 11.8 Å². The van der Waals surface area contributed by atoms with Gasteiger partial charge in [-0.15, -0.1) is 0 Å². The first-order chi connectivity index (χ1) is 16.5. The molecule has 0 spiro atoms. The number of alkyl halides is 3. The minimum absolute atomic E-state index is 0.00916. The predicted molar refractivity (Wildman–Crippen MR) is 120 cm³/mol. The van der Waals surface area contributed by atoms with Crippen molar-refractivity contribution in [3.8, 4) is 0 Å². The molecule has 0 aliphatic carbocycles. The van der Waals surface area contributed by atoms with E-state index in [-0.39, 0.29) is 12.1 Å². The van der Waals surface area contributed by atoms with Crippen LogP contribution in [-0.4, -0.2) is 40.0 Å². The van der Waals surface area contributed by atoms with E-state index in [9.17, 15) is 31.5 Å². The summed E-state index contributed by atoms with van der Waals surface area (Å²) in [4.78, 5) is 32.5. The van der Waals surface area contributed by atoms with Crippen LogP contribution in [-0.2, 0) is 15.8 Å². The van der Waals surface area contributed by atoms with Crippen molar-refractivity contribution >= 4 is 29.3 Å². The average molecular weight is 507 g/mol. The van der Waals surface area contributed by atoms with Gasteiger partial charge in [-0.1, -0.05) is 42.1 Å². The summed E-state index contributed by atoms with van der Waals surface area (Å²) in [7, 11) is 1.45. The van der Waals surface area contributed by atoms with Crippen molar-refractivity contribution in [2.45, 2.75) is 21.7 Å². The Bertz CT molecular complexity index is 1250. The molecule has 5 nitrogen and oxygen atoms in total. The Morgan fingerprint density at radius 1 is 1.09 bits per heavy atom. The number of benzene rings is 2. The summed E-state index contributed by atoms with van der Waals surface area (Å²) in [6.45, 7) is -0.00916. The van der Waals surface area contributed by atoms with Gasteiger partial charge >= 0.3 is 6.18 Å². The Kier molecular flexibility index (Phi) is 6.54. The van der Waals surface area contributed by atoms with Gasteiger partial charge in [0.15, 0.2) is 16.4 Å². The van der Waals surface area contributed by atoms with Gasteiger partial charge in [-0.25, -0.2) is 8.78 Å². The molecule has 1 fully saturated rings. The fraction of sp³-hybridized carbons (Fsp3) is 0.208. The third kappa shape index (κ3) is 4.60. The van der Waals surface area contributed by atoms with Gasteiger partial charge < -0.3 is 10.2 Å². The smallest absolute Gasteiger partial charge is 0.343 e. The van der Waals surface area contributed by atoms with Crippen LogP contribution in [0.1, 0.15) is 17.2 Å². The van der Waals surface area contributed by atoms with E-state index >= 15 is 0 Å². The number of halogens is 5. The van der Waals surface area contributed by atoms with Crippen molar-refractivity contribution in [1.29, 1.82) is 0 Å². The van der Waals surface area contributed by atoms with E-state index in [1.54, 1.807) is 30.3 Å². The second kappa shape index (κ2) is 9.29. The monoisotopic (exact) mass is 507 g/mol. The molecule has 0 bridgehead atoms. The molecule has 0 saturated carbocycles. The Morgan fingerprint density at radius 3 is 2.43 bits per heavy atom. The molecule has 2 unspecified atom stereocenters. The molecule has 2 atom stereocenters. The van der Waals surface area contributed by atoms with E-state index < -0.39 is 51.7 Å². The van der Waals surface area contributed by atoms with Crippen molar-refractivity contribution in [2.75, 3.05) is 18.9 Å². The molecule has 2 heterocycles. The van der Waals surface area contributed by atoms with Crippen LogP contribution in [0, 0.1) is 11.6 Å². The molecule has 4 rings (SSSR count). The van der Waals surface area contributed by atoms with Crippen LogP contribution in [0.5, 0.6) is 0 Å². The summed E-state index contributed by atoms with van der Waals surface area (Å²) in [5.74, 6) is -5.00. The van der Waals surface area contributed by atoms with E-state index in [1.807, 2.05) is 0 Å². The van der Waals surface area contributed by atoms with Crippen molar-refractivity contribution in [3.05, 3.63) is 89.8 Å². The molecule has 182 valence electrons. The van der Waals surface area contributed by atoms with E-state index in [0.29, 0.717) is 4.90 Å². The van der Waals surface area contributed by atoms with E-state index in [0.717, 1.165) is 36.2 Å². The molecule has 1 aliphatic rings. The van der Waals surface area contributed by atoms with Gasteiger partial charge in [0.25, 0.3) is 5.91 Å². The normalized spacial score (nSPS) is 20.2. The first-order valence-electron chi connectivity index (χ1n) is 10.3. The topological polar surface area (TPSA) is 62.3 Å². The first-order valence-corrected chi connectivity index (χ1v) is 11.1. The van der Waals surface area contributed by atoms with Crippen LogP contribution in [0.3, 0.4) is 0 Å². The molecule has 2 amide bonds. The van der Waals surface area contributed by atoms with Crippen LogP contribution in [0.15, 0.2) is 71.8 Å². The Morgan fingerprint density at radius 2 is 1.80 bits per heavy atom. The highest BCUT2D eigenvalue weighted by Gasteiger charge is 2.60. The molecule has 3 aromatic rings. The highest BCUT2D eigenvalue weighted by molar-refractivity contribution is 8.02. The van der Waals surface area contributed by atoms with Crippen molar-refractivity contribution in [1.82, 2.24) is 9.88 Å². The lowest BCUT2D eigenvalue weighted by molar-refractivity contribution is -0.141. The average Bonchev–Trinajstić information content (AvgIpc) is 3.08. The van der Waals surface area contributed by atoms with Gasteiger partial charge in [0.2, 0.25) is 5.91 Å². The second-order valence-electron chi connectivity index (χ2n) is 7.92. The lowest BCUT2D eigenvalue weighted by atomic mass is 9.87. The maximum atomic E-state index is 14.3. The predicted octanol–water partition coefficient (Wildman–Crippen LogP) is 5.10. The van der Waals surface area contributed by atoms with Crippen LogP contribution < -0.4 is 5.32 Å². The number of nitrogens with one attached hydrogen (secondary N) is 1. The molecule has 1 aliphatic heterocycles. The molecular formula is C24H18F5N3O2S. The number of nitrogens with zero attached hydrogens (tertiary/aromatic N) is 2. The number of pyridine rings is 1. The number of hydrogen-bond donors (Lipinski definition) is 1. The van der Waals surface area contributed by atoms with Crippen LogP contribution in [0.25, 0.3) is 0 Å². The number of rotatable bonds is 5. The van der Waals surface area contributed by atoms with Crippen LogP contribution in [0.2, 0.25) is 0 Å². The lowest BCUT2D eigenvalue weighted by Gasteiger charge is -2.31. The van der Waals surface area contributed by atoms with Crippen molar-refractivity contribution in [3.63, 3.8) is 0 Å². The number of amides is 2. The molecule has 11 heteroatoms. The number of likely N-dealkylation sites (N-methyl/N-ethyl adjacent to an activating group) is 1. The summed E-state index contributed by atoms with van der Waals surface area (Å²) in [5.41, 5.74) is -1.37. The summed E-state index contributed by atoms with van der Waals surface area (Å²) in [6.07, 6.45) is -3.68. The number of likely N-dealkylation sites (tertiary alicyclic amines) is 1. The van der Waals surface area contributed by atoms with Gasteiger partial charge in [-0.3, -0.25) is 14.6 Å². The highest BCUT2D eigenvalue weighted by atomic mass is 32.2. The zero-order chi connectivity index (χ0) is 25.4. The molecular weight excluding hydrogens is 489 g/mol. The lowest BCUT2D eigenvalue weighted by Crippen LogP contribution is -2.49. The van der Waals surface area contributed by atoms with E-state index in [1.165, 1.54) is 24.1 Å². The number of carbonyl (C=O) groups is 2. The standard InChI is InChI=1S/C24H18F5N3O2S/c1-32-13-16(14-10-11-19(30-12-14)24(27,28)29)23(22(32)34,35-15-6-3-2-4-7-15)21(33)31-18-9-5-8-17(25)20(18)26/h2-12,16H,13H2,1H3,(H,31,33). The maximum Gasteiger partial charge on any atom is 0.433 e. The molecule has 1 saturated heterocycles. The fourth-order valence-electron chi connectivity index (χ4n) is 3.94. The first kappa shape index (κ1) is 24.6. The fourth-order valence-corrected chi connectivity index (χ4v) is 5.35. The number of hydrogen-bond acceptors (Lipinski definition) is 4. The Balaban J connectivity index is 1.82. The van der Waals surface area contributed by atoms with Crippen molar-refractivity contribution < 1.29 is 31.5 Å². The number of anilines is 1. The zero-order valence-electron chi connectivity index (χ0n) is 18.1. The zero-order valence-corrected chi connectivity index (χ0v) is 19.0. The molecule has 2 aromatic carbocycles. The quantitative estimate of drug-likeness (QED) is 0.386. The van der Waals surface area contributed by atoms with Gasteiger partial charge in [0.1, 0.15) is 5.69 Å². The Labute approximate surface area is 201 Å².